The Kier molecular flexibility index (Phi) is 6.26. The highest BCUT2D eigenvalue weighted by molar-refractivity contribution is 7.97. The molecular formula is C22H25F2NO2S. The predicted octanol–water partition coefficient (Wildman–Crippen LogP) is 4.64. The number of aryl methyl sites for hydroxylation is 2. The molecule has 0 bridgehead atoms. The molecule has 1 saturated heterocycles. The Labute approximate surface area is 169 Å². The van der Waals surface area contributed by atoms with Crippen molar-refractivity contribution in [2.24, 2.45) is 5.41 Å². The highest BCUT2D eigenvalue weighted by atomic mass is 32.2. The van der Waals surface area contributed by atoms with Crippen LogP contribution in [0.3, 0.4) is 0 Å². The van der Waals surface area contributed by atoms with Crippen LogP contribution in [0.25, 0.3) is 0 Å². The lowest BCUT2D eigenvalue weighted by molar-refractivity contribution is -0.138. The zero-order valence-electron chi connectivity index (χ0n) is 16.5. The second-order valence-electron chi connectivity index (χ2n) is 7.91. The Morgan fingerprint density at radius 1 is 1.11 bits per heavy atom. The minimum absolute atomic E-state index is 0.0354. The Morgan fingerprint density at radius 2 is 1.64 bits per heavy atom. The van der Waals surface area contributed by atoms with Gasteiger partial charge in [-0.2, -0.15) is 8.78 Å². The average Bonchev–Trinajstić information content (AvgIpc) is 2.59. The van der Waals surface area contributed by atoms with Crippen molar-refractivity contribution in [1.82, 2.24) is 4.31 Å². The van der Waals surface area contributed by atoms with Gasteiger partial charge in [-0.05, 0) is 79.8 Å². The molecule has 0 atom stereocenters. The topological polar surface area (TPSA) is 37.4 Å². The third-order valence-corrected chi connectivity index (χ3v) is 6.73. The number of ketones is 2. The number of piperidine rings is 1. The molecule has 1 spiro atoms. The highest BCUT2D eigenvalue weighted by Crippen LogP contribution is 2.47. The van der Waals surface area contributed by atoms with Gasteiger partial charge >= 0.3 is 0 Å². The number of rotatable bonds is 3. The van der Waals surface area contributed by atoms with E-state index in [0.717, 1.165) is 22.3 Å². The van der Waals surface area contributed by atoms with Crippen molar-refractivity contribution < 1.29 is 18.4 Å². The molecule has 1 aromatic rings. The summed E-state index contributed by atoms with van der Waals surface area (Å²) in [6.07, 6.45) is 1.93. The van der Waals surface area contributed by atoms with Crippen LogP contribution in [-0.4, -0.2) is 34.7 Å². The smallest absolute Gasteiger partial charge is 0.298 e. The Hall–Kier alpha value is -1.71. The summed E-state index contributed by atoms with van der Waals surface area (Å²) >= 11 is 0.550. The monoisotopic (exact) mass is 405 g/mol. The van der Waals surface area contributed by atoms with Gasteiger partial charge in [0.15, 0.2) is 0 Å². The third-order valence-electron chi connectivity index (χ3n) is 5.91. The van der Waals surface area contributed by atoms with Crippen LogP contribution in [-0.2, 0) is 9.59 Å². The minimum atomic E-state index is -2.43. The number of alkyl halides is 2. The third kappa shape index (κ3) is 4.31. The van der Waals surface area contributed by atoms with Crippen LogP contribution in [0.5, 0.6) is 0 Å². The molecule has 0 radical (unpaired) electrons. The maximum absolute atomic E-state index is 13.1. The molecule has 0 amide bonds. The van der Waals surface area contributed by atoms with E-state index >= 15 is 0 Å². The van der Waals surface area contributed by atoms with Gasteiger partial charge in [-0.15, -0.1) is 5.92 Å². The zero-order chi connectivity index (χ0) is 20.5. The molecule has 1 aromatic carbocycles. The van der Waals surface area contributed by atoms with Crippen LogP contribution in [0.4, 0.5) is 8.78 Å². The largest absolute Gasteiger partial charge is 0.299 e. The number of halogens is 2. The Balaban J connectivity index is 1.79. The van der Waals surface area contributed by atoms with E-state index in [0.29, 0.717) is 50.7 Å². The zero-order valence-corrected chi connectivity index (χ0v) is 17.3. The molecule has 150 valence electrons. The van der Waals surface area contributed by atoms with E-state index in [1.54, 1.807) is 11.2 Å². The molecule has 0 unspecified atom stereocenters. The number of carbonyl (C=O) groups is 2. The van der Waals surface area contributed by atoms with Crippen molar-refractivity contribution in [3.63, 3.8) is 0 Å². The van der Waals surface area contributed by atoms with E-state index in [2.05, 4.69) is 11.8 Å². The fourth-order valence-electron chi connectivity index (χ4n) is 4.69. The van der Waals surface area contributed by atoms with E-state index in [4.69, 9.17) is 0 Å². The summed E-state index contributed by atoms with van der Waals surface area (Å²) in [5, 5.41) is 0. The molecule has 1 saturated carbocycles. The first kappa shape index (κ1) is 21.0. The maximum Gasteiger partial charge on any atom is 0.298 e. The summed E-state index contributed by atoms with van der Waals surface area (Å²) in [5.74, 6) is 2.69. The fraction of sp³-hybridized carbons (Fsp3) is 0.545. The number of hydrogen-bond donors (Lipinski definition) is 0. The molecule has 3 rings (SSSR count). The lowest BCUT2D eigenvalue weighted by Crippen LogP contribution is -2.45. The molecule has 1 aliphatic carbocycles. The Morgan fingerprint density at radius 3 is 2.11 bits per heavy atom. The first-order valence-corrected chi connectivity index (χ1v) is 10.4. The number of hydrogen-bond acceptors (Lipinski definition) is 4. The van der Waals surface area contributed by atoms with Crippen molar-refractivity contribution in [2.45, 2.75) is 58.1 Å². The van der Waals surface area contributed by atoms with Gasteiger partial charge in [-0.25, -0.2) is 4.31 Å². The minimum Gasteiger partial charge on any atom is -0.299 e. The van der Waals surface area contributed by atoms with Crippen LogP contribution >= 0.6 is 11.9 Å². The van der Waals surface area contributed by atoms with Crippen LogP contribution in [0, 0.1) is 31.1 Å². The summed E-state index contributed by atoms with van der Waals surface area (Å²) in [6, 6.07) is 3.87. The summed E-state index contributed by atoms with van der Waals surface area (Å²) in [5.41, 5.74) is 3.18. The first-order valence-electron chi connectivity index (χ1n) is 9.54. The molecule has 6 heteroatoms. The Bertz CT molecular complexity index is 805. The van der Waals surface area contributed by atoms with Crippen LogP contribution < -0.4 is 0 Å². The number of benzene rings is 1. The normalized spacial score (nSPS) is 20.5. The van der Waals surface area contributed by atoms with Crippen molar-refractivity contribution in [1.29, 1.82) is 0 Å². The van der Waals surface area contributed by atoms with Gasteiger partial charge < -0.3 is 0 Å². The van der Waals surface area contributed by atoms with Gasteiger partial charge in [0.1, 0.15) is 17.5 Å². The summed E-state index contributed by atoms with van der Waals surface area (Å²) < 4.78 is 26.8. The highest BCUT2D eigenvalue weighted by Gasteiger charge is 2.47. The fourth-order valence-corrected chi connectivity index (χ4v) is 5.30. The van der Waals surface area contributed by atoms with Gasteiger partial charge in [0.2, 0.25) is 0 Å². The first-order chi connectivity index (χ1) is 13.2. The SMILES string of the molecule is CC#Cc1cc(C)c(C2C(=O)CC3(CCN(SC(F)F)CC3)CC2=O)c(C)c1. The molecule has 2 aliphatic rings. The van der Waals surface area contributed by atoms with E-state index < -0.39 is 11.7 Å². The second kappa shape index (κ2) is 8.34. The molecule has 0 N–H and O–H groups in total. The standard InChI is InChI=1S/C22H25F2NO2S/c1-4-5-16-10-14(2)19(15(3)11-16)20-17(26)12-22(13-18(20)27)6-8-25(9-7-22)28-21(23)24/h10-11,20-21H,6-9,12-13H2,1-3H3. The lowest BCUT2D eigenvalue weighted by atomic mass is 9.63. The predicted molar refractivity (Wildman–Crippen MR) is 107 cm³/mol. The average molecular weight is 406 g/mol. The van der Waals surface area contributed by atoms with E-state index in [1.807, 2.05) is 26.0 Å². The molecule has 1 heterocycles. The lowest BCUT2D eigenvalue weighted by Gasteiger charge is -2.44. The molecular weight excluding hydrogens is 380 g/mol. The quantitative estimate of drug-likeness (QED) is 0.417. The maximum atomic E-state index is 13.1. The molecule has 1 aliphatic heterocycles. The van der Waals surface area contributed by atoms with Crippen molar-refractivity contribution in [3.8, 4) is 11.8 Å². The van der Waals surface area contributed by atoms with Crippen molar-refractivity contribution in [2.75, 3.05) is 13.1 Å². The van der Waals surface area contributed by atoms with E-state index in [1.165, 1.54) is 0 Å². The summed E-state index contributed by atoms with van der Waals surface area (Å²) in [4.78, 5) is 26.1. The molecule has 28 heavy (non-hydrogen) atoms. The number of carbonyl (C=O) groups excluding carboxylic acids is 2. The molecule has 2 fully saturated rings. The van der Waals surface area contributed by atoms with Gasteiger partial charge in [0, 0.05) is 31.5 Å². The number of Topliss-reactive ketones (excluding diaryl/α,β-unsaturated/α-hetero) is 2. The van der Waals surface area contributed by atoms with Gasteiger partial charge in [0.05, 0.1) is 0 Å². The van der Waals surface area contributed by atoms with Gasteiger partial charge in [-0.3, -0.25) is 9.59 Å². The van der Waals surface area contributed by atoms with Crippen LogP contribution in [0.15, 0.2) is 12.1 Å². The van der Waals surface area contributed by atoms with Gasteiger partial charge in [-0.1, -0.05) is 5.92 Å². The van der Waals surface area contributed by atoms with Crippen LogP contribution in [0.1, 0.15) is 60.8 Å². The molecule has 3 nitrogen and oxygen atoms in total. The van der Waals surface area contributed by atoms with Crippen LogP contribution in [0.2, 0.25) is 0 Å². The van der Waals surface area contributed by atoms with Crippen molar-refractivity contribution >= 4 is 23.5 Å². The molecule has 0 aromatic heterocycles. The summed E-state index contributed by atoms with van der Waals surface area (Å²) in [6.45, 7) is 6.60. The second-order valence-corrected chi connectivity index (χ2v) is 9.00. The van der Waals surface area contributed by atoms with Gasteiger partial charge in [0.25, 0.3) is 5.76 Å². The summed E-state index contributed by atoms with van der Waals surface area (Å²) in [7, 11) is 0. The van der Waals surface area contributed by atoms with Crippen molar-refractivity contribution in [3.05, 3.63) is 34.4 Å². The van der Waals surface area contributed by atoms with E-state index in [-0.39, 0.29) is 17.0 Å². The van der Waals surface area contributed by atoms with E-state index in [9.17, 15) is 18.4 Å². The number of nitrogens with zero attached hydrogens (tertiary/aromatic N) is 1.